The van der Waals surface area contributed by atoms with Crippen molar-refractivity contribution in [1.29, 1.82) is 0 Å². The maximum Gasteiger partial charge on any atom is 0.0700 e. The van der Waals surface area contributed by atoms with Crippen molar-refractivity contribution >= 4 is 0 Å². The predicted octanol–water partition coefficient (Wildman–Crippen LogP) is 2.45. The monoisotopic (exact) mass is 255 g/mol. The highest BCUT2D eigenvalue weighted by Crippen LogP contribution is 2.62. The Kier molecular flexibility index (Phi) is 4.35. The van der Waals surface area contributed by atoms with Crippen LogP contribution in [0.4, 0.5) is 0 Å². The highest BCUT2D eigenvalue weighted by Gasteiger charge is 2.58. The number of ether oxygens (including phenoxy) is 2. The summed E-state index contributed by atoms with van der Waals surface area (Å²) >= 11 is 0. The van der Waals surface area contributed by atoms with Crippen molar-refractivity contribution in [1.82, 2.24) is 5.32 Å². The number of rotatable bonds is 7. The van der Waals surface area contributed by atoms with Crippen LogP contribution < -0.4 is 5.32 Å². The van der Waals surface area contributed by atoms with E-state index >= 15 is 0 Å². The molecule has 3 nitrogen and oxygen atoms in total. The molecule has 1 N–H and O–H groups in total. The Hall–Kier alpha value is -0.120. The van der Waals surface area contributed by atoms with Crippen LogP contribution in [0.25, 0.3) is 0 Å². The Morgan fingerprint density at radius 2 is 1.94 bits per heavy atom. The molecule has 0 aliphatic heterocycles. The average molecular weight is 255 g/mol. The summed E-state index contributed by atoms with van der Waals surface area (Å²) in [4.78, 5) is 0. The quantitative estimate of drug-likeness (QED) is 0.709. The molecule has 2 fully saturated rings. The minimum Gasteiger partial charge on any atom is -0.382 e. The molecule has 0 aromatic heterocycles. The van der Waals surface area contributed by atoms with Crippen molar-refractivity contribution in [2.45, 2.75) is 46.1 Å². The van der Waals surface area contributed by atoms with Gasteiger partial charge in [0.2, 0.25) is 0 Å². The molecular weight excluding hydrogens is 226 g/mol. The van der Waals surface area contributed by atoms with Gasteiger partial charge in [0.05, 0.1) is 19.8 Å². The van der Waals surface area contributed by atoms with E-state index in [1.807, 2.05) is 0 Å². The molecular formula is C15H29NO2. The topological polar surface area (TPSA) is 30.5 Å². The lowest BCUT2D eigenvalue weighted by atomic mass is 9.68. The van der Waals surface area contributed by atoms with Crippen molar-refractivity contribution < 1.29 is 9.47 Å². The van der Waals surface area contributed by atoms with E-state index in [1.54, 1.807) is 7.11 Å². The van der Waals surface area contributed by atoms with Gasteiger partial charge in [-0.2, -0.15) is 0 Å². The first-order valence-electron chi connectivity index (χ1n) is 7.31. The van der Waals surface area contributed by atoms with E-state index < -0.39 is 0 Å². The van der Waals surface area contributed by atoms with Gasteiger partial charge in [-0.1, -0.05) is 20.8 Å². The zero-order valence-corrected chi connectivity index (χ0v) is 12.4. The van der Waals surface area contributed by atoms with Gasteiger partial charge >= 0.3 is 0 Å². The Bertz CT molecular complexity index is 275. The third kappa shape index (κ3) is 2.59. The summed E-state index contributed by atoms with van der Waals surface area (Å²) in [7, 11) is 1.71. The van der Waals surface area contributed by atoms with Crippen LogP contribution in [0.5, 0.6) is 0 Å². The summed E-state index contributed by atoms with van der Waals surface area (Å²) < 4.78 is 10.5. The molecule has 1 unspecified atom stereocenters. The lowest BCUT2D eigenvalue weighted by Gasteiger charge is -2.43. The van der Waals surface area contributed by atoms with Gasteiger partial charge in [0.1, 0.15) is 0 Å². The van der Waals surface area contributed by atoms with E-state index in [2.05, 4.69) is 26.1 Å². The molecule has 0 spiro atoms. The standard InChI is InChI=1S/C15H29NO2/c1-14(2)12-5-6-15(3,11-12)13(14)16-7-8-18-10-9-17-4/h12-13,16H,5-11H2,1-4H3/t12-,13?,15+/m0/s1. The van der Waals surface area contributed by atoms with Crippen LogP contribution in [0.1, 0.15) is 40.0 Å². The average Bonchev–Trinajstić information content (AvgIpc) is 2.78. The Balaban J connectivity index is 1.75. The number of methoxy groups -OCH3 is 1. The zero-order valence-electron chi connectivity index (χ0n) is 12.4. The van der Waals surface area contributed by atoms with E-state index in [1.165, 1.54) is 19.3 Å². The predicted molar refractivity (Wildman–Crippen MR) is 73.7 cm³/mol. The molecule has 0 radical (unpaired) electrons. The molecule has 3 heteroatoms. The normalized spacial score (nSPS) is 37.3. The van der Waals surface area contributed by atoms with Gasteiger partial charge in [-0.15, -0.1) is 0 Å². The summed E-state index contributed by atoms with van der Waals surface area (Å²) in [5.74, 6) is 0.911. The largest absolute Gasteiger partial charge is 0.382 e. The third-order valence-corrected chi connectivity index (χ3v) is 5.30. The van der Waals surface area contributed by atoms with Crippen molar-refractivity contribution in [2.24, 2.45) is 16.7 Å². The first-order valence-corrected chi connectivity index (χ1v) is 7.31. The van der Waals surface area contributed by atoms with Gasteiger partial charge in [0.15, 0.2) is 0 Å². The summed E-state index contributed by atoms with van der Waals surface area (Å²) in [5, 5.41) is 3.75. The maximum absolute atomic E-state index is 5.53. The molecule has 2 saturated carbocycles. The second-order valence-electron chi connectivity index (χ2n) is 6.91. The van der Waals surface area contributed by atoms with Crippen LogP contribution in [-0.2, 0) is 9.47 Å². The highest BCUT2D eigenvalue weighted by atomic mass is 16.5. The molecule has 0 aromatic rings. The second kappa shape index (κ2) is 5.48. The molecule has 106 valence electrons. The minimum absolute atomic E-state index is 0.444. The maximum atomic E-state index is 5.53. The minimum atomic E-state index is 0.444. The molecule has 3 atom stereocenters. The lowest BCUT2D eigenvalue weighted by molar-refractivity contribution is 0.0595. The third-order valence-electron chi connectivity index (χ3n) is 5.30. The van der Waals surface area contributed by atoms with Crippen LogP contribution in [0, 0.1) is 16.7 Å². The first-order chi connectivity index (χ1) is 8.50. The summed E-state index contributed by atoms with van der Waals surface area (Å²) in [6.45, 7) is 10.5. The molecule has 18 heavy (non-hydrogen) atoms. The lowest BCUT2D eigenvalue weighted by Crippen LogP contribution is -2.51. The molecule has 2 aliphatic rings. The van der Waals surface area contributed by atoms with Gasteiger partial charge < -0.3 is 14.8 Å². The van der Waals surface area contributed by atoms with Crippen LogP contribution in [-0.4, -0.2) is 39.5 Å². The SMILES string of the molecule is COCCOCCNC1C(C)(C)[C@H]2CC[C@]1(C)C2. The summed E-state index contributed by atoms with van der Waals surface area (Å²) in [5.41, 5.74) is 0.959. The fourth-order valence-corrected chi connectivity index (χ4v) is 4.33. The fraction of sp³-hybridized carbons (Fsp3) is 1.00. The number of fused-ring (bicyclic) bond motifs is 2. The van der Waals surface area contributed by atoms with Crippen molar-refractivity contribution in [3.05, 3.63) is 0 Å². The molecule has 2 aliphatic carbocycles. The van der Waals surface area contributed by atoms with Gasteiger partial charge in [0.25, 0.3) is 0 Å². The molecule has 0 heterocycles. The Morgan fingerprint density at radius 1 is 1.17 bits per heavy atom. The number of nitrogens with one attached hydrogen (secondary N) is 1. The zero-order chi connectivity index (χ0) is 13.2. The first kappa shape index (κ1) is 14.3. The van der Waals surface area contributed by atoms with Crippen LogP contribution in [0.2, 0.25) is 0 Å². The van der Waals surface area contributed by atoms with E-state index in [4.69, 9.17) is 9.47 Å². The highest BCUT2D eigenvalue weighted by molar-refractivity contribution is 5.11. The molecule has 0 amide bonds. The molecule has 0 aromatic carbocycles. The number of hydrogen-bond acceptors (Lipinski definition) is 3. The van der Waals surface area contributed by atoms with Crippen molar-refractivity contribution in [3.8, 4) is 0 Å². The van der Waals surface area contributed by atoms with Gasteiger partial charge in [-0.05, 0) is 36.0 Å². The summed E-state index contributed by atoms with van der Waals surface area (Å²) in [6, 6.07) is 0.648. The van der Waals surface area contributed by atoms with E-state index in [0.717, 1.165) is 19.1 Å². The smallest absolute Gasteiger partial charge is 0.0700 e. The van der Waals surface area contributed by atoms with Gasteiger partial charge in [-0.25, -0.2) is 0 Å². The molecule has 2 rings (SSSR count). The van der Waals surface area contributed by atoms with Crippen LogP contribution in [0.3, 0.4) is 0 Å². The molecule has 0 saturated heterocycles. The van der Waals surface area contributed by atoms with Gasteiger partial charge in [-0.3, -0.25) is 0 Å². The van der Waals surface area contributed by atoms with E-state index in [0.29, 0.717) is 30.1 Å². The van der Waals surface area contributed by atoms with Crippen molar-refractivity contribution in [2.75, 3.05) is 33.5 Å². The van der Waals surface area contributed by atoms with Crippen LogP contribution in [0.15, 0.2) is 0 Å². The summed E-state index contributed by atoms with van der Waals surface area (Å²) in [6.07, 6.45) is 4.22. The Morgan fingerprint density at radius 3 is 2.56 bits per heavy atom. The second-order valence-corrected chi connectivity index (χ2v) is 6.91. The van der Waals surface area contributed by atoms with E-state index in [-0.39, 0.29) is 0 Å². The molecule has 2 bridgehead atoms. The van der Waals surface area contributed by atoms with Gasteiger partial charge in [0, 0.05) is 19.7 Å². The van der Waals surface area contributed by atoms with Crippen LogP contribution >= 0.6 is 0 Å². The number of hydrogen-bond donors (Lipinski definition) is 1. The van der Waals surface area contributed by atoms with E-state index in [9.17, 15) is 0 Å². The fourth-order valence-electron chi connectivity index (χ4n) is 4.33. The van der Waals surface area contributed by atoms with Crippen molar-refractivity contribution in [3.63, 3.8) is 0 Å². The Labute approximate surface area is 112 Å².